The number of nitrogens with one attached hydrogen (secondary N) is 2. The Balaban J connectivity index is 1.63. The first kappa shape index (κ1) is 14.0. The van der Waals surface area contributed by atoms with Crippen molar-refractivity contribution in [2.75, 3.05) is 25.0 Å². The second-order valence-corrected chi connectivity index (χ2v) is 4.80. The Morgan fingerprint density at radius 3 is 3.09 bits per heavy atom. The molecule has 22 heavy (non-hydrogen) atoms. The van der Waals surface area contributed by atoms with Crippen LogP contribution in [0.3, 0.4) is 0 Å². The highest BCUT2D eigenvalue weighted by Gasteiger charge is 2.26. The van der Waals surface area contributed by atoms with E-state index in [4.69, 9.17) is 10.00 Å². The van der Waals surface area contributed by atoms with Gasteiger partial charge in [-0.1, -0.05) is 0 Å². The normalized spacial score (nSPS) is 17.8. The molecule has 0 aliphatic carbocycles. The van der Waals surface area contributed by atoms with Crippen LogP contribution in [0.15, 0.2) is 30.6 Å². The highest BCUT2D eigenvalue weighted by atomic mass is 16.5. The molecular formula is C14H14N6O2. The van der Waals surface area contributed by atoms with Crippen LogP contribution >= 0.6 is 0 Å². The van der Waals surface area contributed by atoms with Gasteiger partial charge in [0.2, 0.25) is 0 Å². The number of nitriles is 1. The molecular weight excluding hydrogens is 284 g/mol. The van der Waals surface area contributed by atoms with Crippen LogP contribution in [-0.4, -0.2) is 51.8 Å². The van der Waals surface area contributed by atoms with Gasteiger partial charge < -0.3 is 15.0 Å². The molecule has 0 aromatic carbocycles. The third-order valence-corrected chi connectivity index (χ3v) is 3.33. The molecule has 0 unspecified atom stereocenters. The molecule has 2 aromatic rings. The van der Waals surface area contributed by atoms with Crippen molar-refractivity contribution < 1.29 is 9.53 Å². The van der Waals surface area contributed by atoms with E-state index in [2.05, 4.69) is 20.5 Å². The Labute approximate surface area is 126 Å². The van der Waals surface area contributed by atoms with Gasteiger partial charge >= 0.3 is 0 Å². The first-order valence-electron chi connectivity index (χ1n) is 6.79. The Bertz CT molecular complexity index is 676. The number of aromatic nitrogens is 3. The average molecular weight is 298 g/mol. The minimum atomic E-state index is -0.664. The van der Waals surface area contributed by atoms with Crippen LogP contribution in [0, 0.1) is 11.5 Å². The predicted molar refractivity (Wildman–Crippen MR) is 77.4 cm³/mol. The van der Waals surface area contributed by atoms with Gasteiger partial charge in [0.05, 0.1) is 25.4 Å². The summed E-state index contributed by atoms with van der Waals surface area (Å²) in [6, 6.07) is 5.38. The smallest absolute Gasteiger partial charge is 0.256 e. The number of carbonyl (C=O) groups is 1. The fourth-order valence-corrected chi connectivity index (χ4v) is 2.15. The van der Waals surface area contributed by atoms with E-state index in [1.54, 1.807) is 18.5 Å². The largest absolute Gasteiger partial charge is 0.365 e. The number of nitrogens with zero attached hydrogens (tertiary/aromatic N) is 4. The first-order valence-corrected chi connectivity index (χ1v) is 6.79. The Kier molecular flexibility index (Phi) is 3.98. The van der Waals surface area contributed by atoms with Crippen molar-refractivity contribution in [1.82, 2.24) is 20.1 Å². The molecule has 0 bridgehead atoms. The van der Waals surface area contributed by atoms with Gasteiger partial charge in [0.25, 0.3) is 5.91 Å². The van der Waals surface area contributed by atoms with Crippen molar-refractivity contribution in [2.45, 2.75) is 6.10 Å². The van der Waals surface area contributed by atoms with Crippen molar-refractivity contribution >= 4 is 11.7 Å². The SMILES string of the molecule is N#CN1CCO[C@@H](C(=O)Nc2ccc(-c3ccn[nH]3)cn2)C1. The van der Waals surface area contributed by atoms with Crippen LogP contribution in [0.4, 0.5) is 5.82 Å². The Morgan fingerprint density at radius 1 is 1.50 bits per heavy atom. The summed E-state index contributed by atoms with van der Waals surface area (Å²) >= 11 is 0. The fourth-order valence-electron chi connectivity index (χ4n) is 2.15. The van der Waals surface area contributed by atoms with Crippen molar-refractivity contribution in [3.63, 3.8) is 0 Å². The van der Waals surface area contributed by atoms with E-state index in [0.29, 0.717) is 19.0 Å². The molecule has 1 atom stereocenters. The molecule has 1 amide bonds. The highest BCUT2D eigenvalue weighted by Crippen LogP contribution is 2.16. The van der Waals surface area contributed by atoms with Crippen LogP contribution in [0.1, 0.15) is 0 Å². The van der Waals surface area contributed by atoms with Crippen LogP contribution in [0.2, 0.25) is 0 Å². The lowest BCUT2D eigenvalue weighted by Gasteiger charge is -2.28. The molecule has 3 rings (SSSR count). The maximum absolute atomic E-state index is 12.1. The zero-order chi connectivity index (χ0) is 15.4. The zero-order valence-electron chi connectivity index (χ0n) is 11.7. The van der Waals surface area contributed by atoms with Gasteiger partial charge in [-0.3, -0.25) is 9.89 Å². The Hall–Kier alpha value is -2.92. The van der Waals surface area contributed by atoms with E-state index in [0.717, 1.165) is 11.3 Å². The van der Waals surface area contributed by atoms with Gasteiger partial charge in [-0.15, -0.1) is 0 Å². The summed E-state index contributed by atoms with van der Waals surface area (Å²) in [7, 11) is 0. The van der Waals surface area contributed by atoms with Gasteiger partial charge in [0, 0.05) is 18.0 Å². The van der Waals surface area contributed by atoms with E-state index < -0.39 is 6.10 Å². The van der Waals surface area contributed by atoms with Crippen LogP contribution in [0.5, 0.6) is 0 Å². The lowest BCUT2D eigenvalue weighted by atomic mass is 10.2. The molecule has 1 aliphatic heterocycles. The minimum Gasteiger partial charge on any atom is -0.365 e. The van der Waals surface area contributed by atoms with Gasteiger partial charge in [-0.2, -0.15) is 10.4 Å². The summed E-state index contributed by atoms with van der Waals surface area (Å²) in [6.45, 7) is 1.13. The minimum absolute atomic E-state index is 0.258. The summed E-state index contributed by atoms with van der Waals surface area (Å²) in [6.07, 6.45) is 4.66. The van der Waals surface area contributed by atoms with Gasteiger partial charge in [-0.25, -0.2) is 4.98 Å². The molecule has 1 aliphatic rings. The van der Waals surface area contributed by atoms with Crippen molar-refractivity contribution in [1.29, 1.82) is 5.26 Å². The molecule has 1 fully saturated rings. The zero-order valence-corrected chi connectivity index (χ0v) is 11.7. The summed E-state index contributed by atoms with van der Waals surface area (Å²) in [4.78, 5) is 17.8. The number of carbonyl (C=O) groups excluding carboxylic acids is 1. The van der Waals surface area contributed by atoms with E-state index >= 15 is 0 Å². The number of H-pyrrole nitrogens is 1. The highest BCUT2D eigenvalue weighted by molar-refractivity contribution is 5.93. The van der Waals surface area contributed by atoms with Crippen LogP contribution < -0.4 is 5.32 Å². The third-order valence-electron chi connectivity index (χ3n) is 3.33. The Morgan fingerprint density at radius 2 is 2.41 bits per heavy atom. The molecule has 2 N–H and O–H groups in total. The number of morpholine rings is 1. The van der Waals surface area contributed by atoms with Gasteiger partial charge in [0.15, 0.2) is 12.3 Å². The van der Waals surface area contributed by atoms with Crippen molar-refractivity contribution in [3.05, 3.63) is 30.6 Å². The number of rotatable bonds is 3. The van der Waals surface area contributed by atoms with E-state index in [1.807, 2.05) is 18.3 Å². The second-order valence-electron chi connectivity index (χ2n) is 4.80. The number of ether oxygens (including phenoxy) is 1. The molecule has 112 valence electrons. The number of hydrogen-bond donors (Lipinski definition) is 2. The molecule has 1 saturated heterocycles. The fraction of sp³-hybridized carbons (Fsp3) is 0.286. The van der Waals surface area contributed by atoms with Crippen LogP contribution in [-0.2, 0) is 9.53 Å². The molecule has 2 aromatic heterocycles. The quantitative estimate of drug-likeness (QED) is 0.803. The molecule has 3 heterocycles. The lowest BCUT2D eigenvalue weighted by molar-refractivity contribution is -0.131. The van der Waals surface area contributed by atoms with Gasteiger partial charge in [0.1, 0.15) is 5.82 Å². The van der Waals surface area contributed by atoms with Crippen molar-refractivity contribution in [3.8, 4) is 17.5 Å². The average Bonchev–Trinajstić information content (AvgIpc) is 3.10. The number of amides is 1. The number of pyridine rings is 1. The first-order chi connectivity index (χ1) is 10.8. The summed E-state index contributed by atoms with van der Waals surface area (Å²) < 4.78 is 5.38. The van der Waals surface area contributed by atoms with Crippen molar-refractivity contribution in [2.24, 2.45) is 0 Å². The second kappa shape index (κ2) is 6.24. The molecule has 8 nitrogen and oxygen atoms in total. The van der Waals surface area contributed by atoms with E-state index in [-0.39, 0.29) is 12.5 Å². The molecule has 0 radical (unpaired) electrons. The maximum atomic E-state index is 12.1. The monoisotopic (exact) mass is 298 g/mol. The maximum Gasteiger partial charge on any atom is 0.256 e. The summed E-state index contributed by atoms with van der Waals surface area (Å²) in [5, 5.41) is 18.3. The van der Waals surface area contributed by atoms with Gasteiger partial charge in [-0.05, 0) is 18.2 Å². The topological polar surface area (TPSA) is 107 Å². The molecule has 0 spiro atoms. The lowest BCUT2D eigenvalue weighted by Crippen LogP contribution is -2.46. The third kappa shape index (κ3) is 3.05. The van der Waals surface area contributed by atoms with E-state index in [1.165, 1.54) is 4.90 Å². The molecule has 8 heteroatoms. The summed E-state index contributed by atoms with van der Waals surface area (Å²) in [5.74, 6) is 0.132. The predicted octanol–water partition coefficient (Wildman–Crippen LogP) is 0.592. The standard InChI is InChI=1S/C14H14N6O2/c15-9-20-5-6-22-12(8-20)14(21)18-13-2-1-10(7-16-13)11-3-4-17-19-11/h1-4,7,12H,5-6,8H2,(H,17,19)(H,16,18,21)/t12-/m1/s1. The number of hydrogen-bond acceptors (Lipinski definition) is 6. The number of anilines is 1. The van der Waals surface area contributed by atoms with E-state index in [9.17, 15) is 4.79 Å². The number of aromatic amines is 1. The molecule has 0 saturated carbocycles. The summed E-state index contributed by atoms with van der Waals surface area (Å²) in [5.41, 5.74) is 1.73. The van der Waals surface area contributed by atoms with Crippen LogP contribution in [0.25, 0.3) is 11.3 Å².